The minimum absolute atomic E-state index is 0.644. The largest absolute Gasteiger partial charge is 0.473 e. The fraction of sp³-hybridized carbons (Fsp3) is 0.714. The Balaban J connectivity index is 0.000000226. The third-order valence-electron chi connectivity index (χ3n) is 1.55. The van der Waals surface area contributed by atoms with Crippen LogP contribution in [0, 0.1) is 0 Å². The smallest absolute Gasteiger partial charge is 0.414 e. The summed E-state index contributed by atoms with van der Waals surface area (Å²) in [6.45, 7) is 2.40. The number of hydrogen-bond acceptors (Lipinski definition) is 4. The Morgan fingerprint density at radius 1 is 1.38 bits per heavy atom. The number of nitrogens with zero attached hydrogens (tertiary/aromatic N) is 1. The molecule has 13 heavy (non-hydrogen) atoms. The SMILES string of the molecule is CN1CCC(S)C1.O=C(O)C(=O)O. The van der Waals surface area contributed by atoms with E-state index in [4.69, 9.17) is 19.8 Å². The summed E-state index contributed by atoms with van der Waals surface area (Å²) in [5.74, 6) is -3.65. The maximum absolute atomic E-state index is 9.10. The van der Waals surface area contributed by atoms with Gasteiger partial charge in [0.15, 0.2) is 0 Å². The van der Waals surface area contributed by atoms with Gasteiger partial charge in [0.05, 0.1) is 0 Å². The van der Waals surface area contributed by atoms with E-state index in [2.05, 4.69) is 24.6 Å². The van der Waals surface area contributed by atoms with Gasteiger partial charge in [-0.25, -0.2) is 9.59 Å². The summed E-state index contributed by atoms with van der Waals surface area (Å²) in [5.41, 5.74) is 0. The molecule has 76 valence electrons. The second-order valence-electron chi connectivity index (χ2n) is 2.82. The van der Waals surface area contributed by atoms with Crippen molar-refractivity contribution in [3.63, 3.8) is 0 Å². The number of hydrogen-bond donors (Lipinski definition) is 3. The first-order valence-electron chi connectivity index (χ1n) is 3.76. The Hall–Kier alpha value is -0.750. The molecule has 0 aromatic heterocycles. The predicted octanol–water partition coefficient (Wildman–Crippen LogP) is -0.224. The van der Waals surface area contributed by atoms with Crippen molar-refractivity contribution in [3.05, 3.63) is 0 Å². The fourth-order valence-electron chi connectivity index (χ4n) is 0.912. The monoisotopic (exact) mass is 207 g/mol. The molecule has 1 unspecified atom stereocenters. The minimum atomic E-state index is -1.82. The summed E-state index contributed by atoms with van der Waals surface area (Å²) in [7, 11) is 2.14. The first kappa shape index (κ1) is 12.2. The van der Waals surface area contributed by atoms with Crippen LogP contribution in [0.1, 0.15) is 6.42 Å². The van der Waals surface area contributed by atoms with Gasteiger partial charge < -0.3 is 15.1 Å². The second kappa shape index (κ2) is 5.82. The zero-order valence-electron chi connectivity index (χ0n) is 7.30. The normalized spacial score (nSPS) is 21.8. The summed E-state index contributed by atoms with van der Waals surface area (Å²) >= 11 is 4.31. The quantitative estimate of drug-likeness (QED) is 0.378. The Morgan fingerprint density at radius 2 is 1.85 bits per heavy atom. The first-order valence-corrected chi connectivity index (χ1v) is 4.28. The number of aliphatic carboxylic acids is 2. The lowest BCUT2D eigenvalue weighted by atomic mass is 10.4. The number of rotatable bonds is 0. The van der Waals surface area contributed by atoms with E-state index in [1.54, 1.807) is 0 Å². The Morgan fingerprint density at radius 3 is 1.92 bits per heavy atom. The fourth-order valence-corrected chi connectivity index (χ4v) is 1.31. The summed E-state index contributed by atoms with van der Waals surface area (Å²) in [4.78, 5) is 20.5. The number of carboxylic acids is 2. The molecule has 0 spiro atoms. The van der Waals surface area contributed by atoms with Crippen LogP contribution in [0.4, 0.5) is 0 Å². The molecule has 1 saturated heterocycles. The van der Waals surface area contributed by atoms with Gasteiger partial charge in [-0.3, -0.25) is 0 Å². The molecule has 1 heterocycles. The topological polar surface area (TPSA) is 77.8 Å². The van der Waals surface area contributed by atoms with Gasteiger partial charge in [0.1, 0.15) is 0 Å². The minimum Gasteiger partial charge on any atom is -0.473 e. The molecule has 1 aliphatic heterocycles. The molecular weight excluding hydrogens is 194 g/mol. The lowest BCUT2D eigenvalue weighted by molar-refractivity contribution is -0.159. The van der Waals surface area contributed by atoms with E-state index in [-0.39, 0.29) is 0 Å². The Bertz CT molecular complexity index is 177. The molecule has 6 heteroatoms. The number of carboxylic acid groups (broad SMARTS) is 2. The van der Waals surface area contributed by atoms with Crippen molar-refractivity contribution in [2.24, 2.45) is 0 Å². The molecule has 0 bridgehead atoms. The molecule has 0 aliphatic carbocycles. The number of thiol groups is 1. The van der Waals surface area contributed by atoms with Crippen LogP contribution in [0.5, 0.6) is 0 Å². The van der Waals surface area contributed by atoms with Crippen LogP contribution in [-0.2, 0) is 9.59 Å². The van der Waals surface area contributed by atoms with Crippen LogP contribution < -0.4 is 0 Å². The summed E-state index contributed by atoms with van der Waals surface area (Å²) < 4.78 is 0. The molecule has 0 aromatic carbocycles. The van der Waals surface area contributed by atoms with Gasteiger partial charge in [-0.15, -0.1) is 0 Å². The second-order valence-corrected chi connectivity index (χ2v) is 3.55. The highest BCUT2D eigenvalue weighted by Gasteiger charge is 2.14. The van der Waals surface area contributed by atoms with Crippen LogP contribution in [0.3, 0.4) is 0 Å². The maximum atomic E-state index is 9.10. The summed E-state index contributed by atoms with van der Waals surface area (Å²) in [6.07, 6.45) is 1.26. The van der Waals surface area contributed by atoms with E-state index in [1.165, 1.54) is 19.5 Å². The standard InChI is InChI=1S/C5H11NS.C2H2O4/c1-6-3-2-5(7)4-6;3-1(4)2(5)6/h5,7H,2-4H2,1H3;(H,3,4)(H,5,6). The highest BCUT2D eigenvalue weighted by Crippen LogP contribution is 2.10. The Labute approximate surface area is 81.8 Å². The molecule has 1 atom stereocenters. The van der Waals surface area contributed by atoms with Crippen molar-refractivity contribution in [1.29, 1.82) is 0 Å². The van der Waals surface area contributed by atoms with E-state index >= 15 is 0 Å². The summed E-state index contributed by atoms with van der Waals surface area (Å²) in [5, 5.41) is 15.4. The van der Waals surface area contributed by atoms with Crippen molar-refractivity contribution in [3.8, 4) is 0 Å². The molecule has 0 radical (unpaired) electrons. The first-order chi connectivity index (χ1) is 5.93. The zero-order chi connectivity index (χ0) is 10.4. The maximum Gasteiger partial charge on any atom is 0.414 e. The van der Waals surface area contributed by atoms with E-state index in [0.717, 1.165) is 0 Å². The van der Waals surface area contributed by atoms with Crippen molar-refractivity contribution in [1.82, 2.24) is 4.90 Å². The molecular formula is C7H13NO4S. The van der Waals surface area contributed by atoms with Gasteiger partial charge >= 0.3 is 11.9 Å². The highest BCUT2D eigenvalue weighted by molar-refractivity contribution is 7.81. The van der Waals surface area contributed by atoms with Crippen LogP contribution in [0.2, 0.25) is 0 Å². The molecule has 1 aliphatic rings. The lowest BCUT2D eigenvalue weighted by Crippen LogP contribution is -2.13. The third-order valence-corrected chi connectivity index (χ3v) is 1.97. The van der Waals surface area contributed by atoms with Crippen molar-refractivity contribution in [2.75, 3.05) is 20.1 Å². The Kier molecular flexibility index (Phi) is 5.48. The van der Waals surface area contributed by atoms with Gasteiger partial charge in [0.2, 0.25) is 0 Å². The van der Waals surface area contributed by atoms with Crippen molar-refractivity contribution in [2.45, 2.75) is 11.7 Å². The molecule has 2 N–H and O–H groups in total. The highest BCUT2D eigenvalue weighted by atomic mass is 32.1. The van der Waals surface area contributed by atoms with Crippen LogP contribution >= 0.6 is 12.6 Å². The van der Waals surface area contributed by atoms with Crippen LogP contribution in [0.25, 0.3) is 0 Å². The van der Waals surface area contributed by atoms with Gasteiger partial charge in [-0.05, 0) is 20.0 Å². The van der Waals surface area contributed by atoms with Gasteiger partial charge in [-0.2, -0.15) is 12.6 Å². The average Bonchev–Trinajstić information content (AvgIpc) is 2.35. The van der Waals surface area contributed by atoms with Crippen LogP contribution in [-0.4, -0.2) is 52.4 Å². The molecule has 5 nitrogen and oxygen atoms in total. The zero-order valence-corrected chi connectivity index (χ0v) is 8.20. The van der Waals surface area contributed by atoms with Gasteiger partial charge in [0, 0.05) is 11.8 Å². The van der Waals surface area contributed by atoms with E-state index < -0.39 is 11.9 Å². The van der Waals surface area contributed by atoms with E-state index in [9.17, 15) is 0 Å². The van der Waals surface area contributed by atoms with Gasteiger partial charge in [0.25, 0.3) is 0 Å². The average molecular weight is 207 g/mol. The number of carbonyl (C=O) groups is 2. The molecule has 0 amide bonds. The molecule has 0 saturated carbocycles. The van der Waals surface area contributed by atoms with Gasteiger partial charge in [-0.1, -0.05) is 0 Å². The summed E-state index contributed by atoms with van der Waals surface area (Å²) in [6, 6.07) is 0. The van der Waals surface area contributed by atoms with E-state index in [1.807, 2.05) is 0 Å². The third kappa shape index (κ3) is 6.41. The number of likely N-dealkylation sites (tertiary alicyclic amines) is 1. The molecule has 1 fully saturated rings. The van der Waals surface area contributed by atoms with E-state index in [0.29, 0.717) is 5.25 Å². The molecule has 0 aromatic rings. The van der Waals surface area contributed by atoms with Crippen LogP contribution in [0.15, 0.2) is 0 Å². The van der Waals surface area contributed by atoms with Crippen molar-refractivity contribution >= 4 is 24.6 Å². The molecule has 1 rings (SSSR count). The lowest BCUT2D eigenvalue weighted by Gasteiger charge is -2.03. The predicted molar refractivity (Wildman–Crippen MR) is 50.2 cm³/mol. The van der Waals surface area contributed by atoms with Crippen molar-refractivity contribution < 1.29 is 19.8 Å².